The molecule has 0 aliphatic rings. The molecule has 0 radical (unpaired) electrons. The SMILES string of the molecule is CCCNCc1sc(CCC)nc1COC. The van der Waals surface area contributed by atoms with Gasteiger partial charge in [-0.05, 0) is 25.8 Å². The van der Waals surface area contributed by atoms with Crippen LogP contribution in [0.5, 0.6) is 0 Å². The monoisotopic (exact) mass is 242 g/mol. The molecule has 0 aliphatic carbocycles. The zero-order valence-corrected chi connectivity index (χ0v) is 11.3. The van der Waals surface area contributed by atoms with E-state index in [4.69, 9.17) is 4.74 Å². The Morgan fingerprint density at radius 2 is 2.12 bits per heavy atom. The fourth-order valence-corrected chi connectivity index (χ4v) is 2.67. The van der Waals surface area contributed by atoms with Crippen LogP contribution in [0.2, 0.25) is 0 Å². The molecular formula is C12H22N2OS. The third-order valence-corrected chi connectivity index (χ3v) is 3.44. The minimum Gasteiger partial charge on any atom is -0.378 e. The van der Waals surface area contributed by atoms with Gasteiger partial charge in [0.2, 0.25) is 0 Å². The van der Waals surface area contributed by atoms with Gasteiger partial charge in [-0.15, -0.1) is 11.3 Å². The number of thiazole rings is 1. The van der Waals surface area contributed by atoms with E-state index in [1.54, 1.807) is 7.11 Å². The topological polar surface area (TPSA) is 34.2 Å². The van der Waals surface area contributed by atoms with Gasteiger partial charge in [0.15, 0.2) is 0 Å². The Morgan fingerprint density at radius 3 is 2.75 bits per heavy atom. The van der Waals surface area contributed by atoms with Gasteiger partial charge in [0, 0.05) is 18.5 Å². The van der Waals surface area contributed by atoms with E-state index in [0.29, 0.717) is 6.61 Å². The predicted molar refractivity (Wildman–Crippen MR) is 68.8 cm³/mol. The lowest BCUT2D eigenvalue weighted by molar-refractivity contribution is 0.181. The molecule has 0 spiro atoms. The van der Waals surface area contributed by atoms with Crippen LogP contribution in [-0.2, 0) is 24.3 Å². The summed E-state index contributed by atoms with van der Waals surface area (Å²) in [7, 11) is 1.72. The van der Waals surface area contributed by atoms with Crippen LogP contribution in [0.3, 0.4) is 0 Å². The Labute approximate surface area is 102 Å². The molecule has 0 saturated carbocycles. The van der Waals surface area contributed by atoms with Crippen LogP contribution in [-0.4, -0.2) is 18.6 Å². The number of hydrogen-bond acceptors (Lipinski definition) is 4. The van der Waals surface area contributed by atoms with E-state index < -0.39 is 0 Å². The highest BCUT2D eigenvalue weighted by Gasteiger charge is 2.09. The van der Waals surface area contributed by atoms with E-state index in [1.165, 1.54) is 16.3 Å². The number of hydrogen-bond donors (Lipinski definition) is 1. The van der Waals surface area contributed by atoms with Crippen LogP contribution in [0.1, 0.15) is 42.3 Å². The van der Waals surface area contributed by atoms with Gasteiger partial charge in [0.25, 0.3) is 0 Å². The summed E-state index contributed by atoms with van der Waals surface area (Å²) in [6, 6.07) is 0. The molecule has 0 atom stereocenters. The lowest BCUT2D eigenvalue weighted by atomic mass is 10.3. The van der Waals surface area contributed by atoms with Crippen LogP contribution in [0.4, 0.5) is 0 Å². The zero-order valence-electron chi connectivity index (χ0n) is 10.5. The number of aromatic nitrogens is 1. The Hall–Kier alpha value is -0.450. The molecule has 0 unspecified atom stereocenters. The molecule has 1 aromatic heterocycles. The van der Waals surface area contributed by atoms with Gasteiger partial charge in [0.05, 0.1) is 17.3 Å². The molecule has 16 heavy (non-hydrogen) atoms. The standard InChI is InChI=1S/C12H22N2OS/c1-4-6-12-14-10(9-15-3)11(16-12)8-13-7-5-2/h13H,4-9H2,1-3H3. The molecule has 1 heterocycles. The maximum atomic E-state index is 5.18. The first-order chi connectivity index (χ1) is 7.81. The van der Waals surface area contributed by atoms with Gasteiger partial charge in [-0.3, -0.25) is 0 Å². The number of nitrogens with one attached hydrogen (secondary N) is 1. The highest BCUT2D eigenvalue weighted by molar-refractivity contribution is 7.11. The second-order valence-corrected chi connectivity index (χ2v) is 5.01. The van der Waals surface area contributed by atoms with Gasteiger partial charge in [-0.25, -0.2) is 4.98 Å². The Kier molecular flexibility index (Phi) is 6.61. The van der Waals surface area contributed by atoms with Crippen molar-refractivity contribution in [3.63, 3.8) is 0 Å². The Morgan fingerprint density at radius 1 is 1.31 bits per heavy atom. The van der Waals surface area contributed by atoms with Crippen LogP contribution >= 0.6 is 11.3 Å². The van der Waals surface area contributed by atoms with Crippen molar-refractivity contribution in [2.24, 2.45) is 0 Å². The molecule has 0 aliphatic heterocycles. The summed E-state index contributed by atoms with van der Waals surface area (Å²) < 4.78 is 5.18. The highest BCUT2D eigenvalue weighted by atomic mass is 32.1. The maximum absolute atomic E-state index is 5.18. The fraction of sp³-hybridized carbons (Fsp3) is 0.750. The molecule has 1 N–H and O–H groups in total. The molecule has 4 heteroatoms. The van der Waals surface area contributed by atoms with Crippen molar-refractivity contribution in [1.82, 2.24) is 10.3 Å². The number of methoxy groups -OCH3 is 1. The molecule has 3 nitrogen and oxygen atoms in total. The van der Waals surface area contributed by atoms with Crippen molar-refractivity contribution in [2.45, 2.75) is 46.3 Å². The summed E-state index contributed by atoms with van der Waals surface area (Å²) in [5.74, 6) is 0. The van der Waals surface area contributed by atoms with Crippen LogP contribution in [0.15, 0.2) is 0 Å². The lowest BCUT2D eigenvalue weighted by Crippen LogP contribution is -2.14. The van der Waals surface area contributed by atoms with Crippen molar-refractivity contribution in [1.29, 1.82) is 0 Å². The van der Waals surface area contributed by atoms with Crippen LogP contribution in [0, 0.1) is 0 Å². The third-order valence-electron chi connectivity index (χ3n) is 2.28. The van der Waals surface area contributed by atoms with Gasteiger partial charge in [0.1, 0.15) is 0 Å². The fourth-order valence-electron chi connectivity index (χ4n) is 1.52. The van der Waals surface area contributed by atoms with E-state index in [0.717, 1.165) is 31.6 Å². The summed E-state index contributed by atoms with van der Waals surface area (Å²) in [4.78, 5) is 5.95. The van der Waals surface area contributed by atoms with E-state index in [1.807, 2.05) is 11.3 Å². The summed E-state index contributed by atoms with van der Waals surface area (Å²) in [5.41, 5.74) is 1.11. The van der Waals surface area contributed by atoms with Crippen molar-refractivity contribution < 1.29 is 4.74 Å². The first-order valence-corrected chi connectivity index (χ1v) is 6.80. The van der Waals surface area contributed by atoms with Crippen molar-refractivity contribution >= 4 is 11.3 Å². The molecule has 0 bridgehead atoms. The highest BCUT2D eigenvalue weighted by Crippen LogP contribution is 2.20. The lowest BCUT2D eigenvalue weighted by Gasteiger charge is -2.02. The Balaban J connectivity index is 2.62. The summed E-state index contributed by atoms with van der Waals surface area (Å²) in [6.45, 7) is 6.98. The molecule has 0 fully saturated rings. The smallest absolute Gasteiger partial charge is 0.0932 e. The summed E-state index contributed by atoms with van der Waals surface area (Å²) >= 11 is 1.82. The van der Waals surface area contributed by atoms with Crippen molar-refractivity contribution in [2.75, 3.05) is 13.7 Å². The van der Waals surface area contributed by atoms with Gasteiger partial charge < -0.3 is 10.1 Å². The molecule has 0 saturated heterocycles. The van der Waals surface area contributed by atoms with E-state index in [9.17, 15) is 0 Å². The van der Waals surface area contributed by atoms with E-state index in [2.05, 4.69) is 24.1 Å². The van der Waals surface area contributed by atoms with Gasteiger partial charge in [-0.2, -0.15) is 0 Å². The quantitative estimate of drug-likeness (QED) is 0.712. The number of aryl methyl sites for hydroxylation is 1. The maximum Gasteiger partial charge on any atom is 0.0932 e. The molecule has 1 aromatic rings. The minimum absolute atomic E-state index is 0.628. The second-order valence-electron chi connectivity index (χ2n) is 3.84. The van der Waals surface area contributed by atoms with E-state index >= 15 is 0 Å². The van der Waals surface area contributed by atoms with Crippen molar-refractivity contribution in [3.05, 3.63) is 15.6 Å². The number of nitrogens with zero attached hydrogens (tertiary/aromatic N) is 1. The van der Waals surface area contributed by atoms with Gasteiger partial charge >= 0.3 is 0 Å². The molecular weight excluding hydrogens is 220 g/mol. The zero-order chi connectivity index (χ0) is 11.8. The minimum atomic E-state index is 0.628. The predicted octanol–water partition coefficient (Wildman–Crippen LogP) is 2.74. The first-order valence-electron chi connectivity index (χ1n) is 5.98. The molecule has 0 amide bonds. The largest absolute Gasteiger partial charge is 0.378 e. The summed E-state index contributed by atoms with van der Waals surface area (Å²) in [6.07, 6.45) is 3.40. The second kappa shape index (κ2) is 7.76. The average molecular weight is 242 g/mol. The van der Waals surface area contributed by atoms with E-state index in [-0.39, 0.29) is 0 Å². The average Bonchev–Trinajstić information content (AvgIpc) is 2.63. The molecule has 92 valence electrons. The number of ether oxygens (including phenoxy) is 1. The Bertz CT molecular complexity index is 299. The van der Waals surface area contributed by atoms with Gasteiger partial charge in [-0.1, -0.05) is 13.8 Å². The summed E-state index contributed by atoms with van der Waals surface area (Å²) in [5, 5.41) is 4.66. The molecule has 0 aromatic carbocycles. The van der Waals surface area contributed by atoms with Crippen LogP contribution in [0.25, 0.3) is 0 Å². The van der Waals surface area contributed by atoms with Crippen molar-refractivity contribution in [3.8, 4) is 0 Å². The molecule has 1 rings (SSSR count). The first kappa shape index (κ1) is 13.6. The normalized spacial score (nSPS) is 10.9. The third kappa shape index (κ3) is 4.20. The number of rotatable bonds is 8. The van der Waals surface area contributed by atoms with Crippen LogP contribution < -0.4 is 5.32 Å².